The van der Waals surface area contributed by atoms with Crippen molar-refractivity contribution in [3.8, 4) is 0 Å². The monoisotopic (exact) mass is 482 g/mol. The lowest BCUT2D eigenvalue weighted by Gasteiger charge is -2.34. The van der Waals surface area contributed by atoms with E-state index in [-0.39, 0.29) is 11.3 Å². The number of carboxylic acid groups (broad SMARTS) is 1. The standard InChI is InChI=1S/C33H54O2/c1-4-5-6-7-8-9-11-17-29(23-22-28(2)3)18-16-19-30(26-32(34)35)27-33(24-14-15-25-33)31-20-12-10-13-21-31/h9-13,20-21,28-30H,4-8,14-19,22-27H2,1-3H3,(H,34,35)/t29-,30-/m1/s1. The average Bonchev–Trinajstić information content (AvgIpc) is 3.31. The summed E-state index contributed by atoms with van der Waals surface area (Å²) in [6.45, 7) is 6.92. The van der Waals surface area contributed by atoms with E-state index in [4.69, 9.17) is 0 Å². The van der Waals surface area contributed by atoms with E-state index in [2.05, 4.69) is 63.3 Å². The van der Waals surface area contributed by atoms with Gasteiger partial charge in [0.1, 0.15) is 0 Å². The van der Waals surface area contributed by atoms with E-state index in [0.717, 1.165) is 31.1 Å². The Morgan fingerprint density at radius 2 is 1.63 bits per heavy atom. The van der Waals surface area contributed by atoms with Crippen LogP contribution < -0.4 is 0 Å². The summed E-state index contributed by atoms with van der Waals surface area (Å²) >= 11 is 0. The van der Waals surface area contributed by atoms with Crippen molar-refractivity contribution in [3.63, 3.8) is 0 Å². The molecule has 1 fully saturated rings. The molecule has 1 aliphatic rings. The van der Waals surface area contributed by atoms with E-state index in [1.807, 2.05) is 0 Å². The van der Waals surface area contributed by atoms with Crippen LogP contribution >= 0.6 is 0 Å². The zero-order valence-electron chi connectivity index (χ0n) is 23.1. The third-order valence-corrected chi connectivity index (χ3v) is 8.33. The fourth-order valence-electron chi connectivity index (χ4n) is 6.27. The van der Waals surface area contributed by atoms with E-state index in [1.165, 1.54) is 89.0 Å². The van der Waals surface area contributed by atoms with Crippen LogP contribution in [0.3, 0.4) is 0 Å². The number of aliphatic carboxylic acids is 1. The Hall–Kier alpha value is -1.57. The minimum atomic E-state index is -0.626. The van der Waals surface area contributed by atoms with Gasteiger partial charge in [0.25, 0.3) is 0 Å². The van der Waals surface area contributed by atoms with Crippen LogP contribution in [0.4, 0.5) is 0 Å². The summed E-state index contributed by atoms with van der Waals surface area (Å²) in [7, 11) is 0. The topological polar surface area (TPSA) is 37.3 Å². The largest absolute Gasteiger partial charge is 0.481 e. The number of allylic oxidation sites excluding steroid dienone is 2. The van der Waals surface area contributed by atoms with Crippen LogP contribution in [0, 0.1) is 17.8 Å². The number of carbonyl (C=O) groups is 1. The second-order valence-electron chi connectivity index (χ2n) is 11.8. The molecular formula is C33H54O2. The Labute approximate surface area is 217 Å². The van der Waals surface area contributed by atoms with Gasteiger partial charge in [0, 0.05) is 6.42 Å². The summed E-state index contributed by atoms with van der Waals surface area (Å²) in [5.74, 6) is 1.15. The molecule has 1 aromatic carbocycles. The molecule has 0 bridgehead atoms. The first-order valence-corrected chi connectivity index (χ1v) is 14.9. The lowest BCUT2D eigenvalue weighted by Crippen LogP contribution is -2.27. The minimum Gasteiger partial charge on any atom is -0.481 e. The highest BCUT2D eigenvalue weighted by Crippen LogP contribution is 2.47. The van der Waals surface area contributed by atoms with Crippen molar-refractivity contribution in [2.24, 2.45) is 17.8 Å². The van der Waals surface area contributed by atoms with Gasteiger partial charge in [-0.05, 0) is 80.1 Å². The second kappa shape index (κ2) is 17.0. The molecule has 1 aromatic rings. The first kappa shape index (κ1) is 29.7. The maximum Gasteiger partial charge on any atom is 0.303 e. The van der Waals surface area contributed by atoms with Gasteiger partial charge in [0.05, 0.1) is 0 Å². The van der Waals surface area contributed by atoms with Gasteiger partial charge in [-0.1, -0.05) is 115 Å². The fraction of sp³-hybridized carbons (Fsp3) is 0.727. The summed E-state index contributed by atoms with van der Waals surface area (Å²) in [5, 5.41) is 9.68. The molecule has 0 aromatic heterocycles. The maximum atomic E-state index is 11.8. The normalized spacial score (nSPS) is 17.3. The number of unbranched alkanes of at least 4 members (excludes halogenated alkanes) is 4. The molecule has 2 heteroatoms. The number of hydrogen-bond donors (Lipinski definition) is 1. The Bertz CT molecular complexity index is 699. The van der Waals surface area contributed by atoms with Crippen LogP contribution in [0.1, 0.15) is 135 Å². The molecule has 1 saturated carbocycles. The Morgan fingerprint density at radius 3 is 2.29 bits per heavy atom. The highest BCUT2D eigenvalue weighted by molar-refractivity contribution is 5.67. The van der Waals surface area contributed by atoms with E-state index in [9.17, 15) is 9.90 Å². The van der Waals surface area contributed by atoms with E-state index in [1.54, 1.807) is 0 Å². The van der Waals surface area contributed by atoms with Gasteiger partial charge >= 0.3 is 5.97 Å². The number of hydrogen-bond acceptors (Lipinski definition) is 1. The molecule has 0 saturated heterocycles. The molecule has 1 aliphatic carbocycles. The first-order chi connectivity index (χ1) is 16.9. The molecule has 2 nitrogen and oxygen atoms in total. The zero-order valence-corrected chi connectivity index (χ0v) is 23.1. The van der Waals surface area contributed by atoms with Crippen LogP contribution in [-0.2, 0) is 10.2 Å². The van der Waals surface area contributed by atoms with Gasteiger partial charge in [-0.2, -0.15) is 0 Å². The van der Waals surface area contributed by atoms with E-state index >= 15 is 0 Å². The summed E-state index contributed by atoms with van der Waals surface area (Å²) in [5.41, 5.74) is 1.63. The van der Waals surface area contributed by atoms with Crippen LogP contribution in [0.25, 0.3) is 0 Å². The molecule has 0 radical (unpaired) electrons. The third kappa shape index (κ3) is 11.8. The van der Waals surface area contributed by atoms with Gasteiger partial charge < -0.3 is 5.11 Å². The van der Waals surface area contributed by atoms with E-state index < -0.39 is 5.97 Å². The predicted molar refractivity (Wildman–Crippen MR) is 151 cm³/mol. The molecular weight excluding hydrogens is 428 g/mol. The second-order valence-corrected chi connectivity index (χ2v) is 11.8. The number of benzene rings is 1. The van der Waals surface area contributed by atoms with Crippen LogP contribution in [-0.4, -0.2) is 11.1 Å². The summed E-state index contributed by atoms with van der Waals surface area (Å²) < 4.78 is 0. The third-order valence-electron chi connectivity index (χ3n) is 8.33. The van der Waals surface area contributed by atoms with Crippen molar-refractivity contribution in [2.75, 3.05) is 0 Å². The zero-order chi connectivity index (χ0) is 25.4. The molecule has 2 rings (SSSR count). The lowest BCUT2D eigenvalue weighted by atomic mass is 9.71. The van der Waals surface area contributed by atoms with Crippen LogP contribution in [0.2, 0.25) is 0 Å². The SMILES string of the molecule is CCCCCCC=CC[C@H](CCC[C@H](CC(=O)O)CC1(c2ccccc2)CCCC1)CCC(C)C. The van der Waals surface area contributed by atoms with Crippen molar-refractivity contribution in [3.05, 3.63) is 48.0 Å². The van der Waals surface area contributed by atoms with Crippen molar-refractivity contribution >= 4 is 5.97 Å². The molecule has 0 aliphatic heterocycles. The van der Waals surface area contributed by atoms with Crippen LogP contribution in [0.5, 0.6) is 0 Å². The highest BCUT2D eigenvalue weighted by atomic mass is 16.4. The smallest absolute Gasteiger partial charge is 0.303 e. The van der Waals surface area contributed by atoms with Gasteiger partial charge in [0.2, 0.25) is 0 Å². The summed E-state index contributed by atoms with van der Waals surface area (Å²) in [6, 6.07) is 11.0. The van der Waals surface area contributed by atoms with Gasteiger partial charge in [0.15, 0.2) is 0 Å². The van der Waals surface area contributed by atoms with E-state index in [0.29, 0.717) is 6.42 Å². The van der Waals surface area contributed by atoms with Gasteiger partial charge in [-0.25, -0.2) is 0 Å². The van der Waals surface area contributed by atoms with Crippen LogP contribution in [0.15, 0.2) is 42.5 Å². The molecule has 0 spiro atoms. The molecule has 0 heterocycles. The molecule has 2 atom stereocenters. The van der Waals surface area contributed by atoms with Crippen molar-refractivity contribution in [1.82, 2.24) is 0 Å². The molecule has 0 amide bonds. The Kier molecular flexibility index (Phi) is 14.4. The van der Waals surface area contributed by atoms with Crippen molar-refractivity contribution < 1.29 is 9.90 Å². The minimum absolute atomic E-state index is 0.193. The van der Waals surface area contributed by atoms with Crippen molar-refractivity contribution in [1.29, 1.82) is 0 Å². The molecule has 1 N–H and O–H groups in total. The summed E-state index contributed by atoms with van der Waals surface area (Å²) in [4.78, 5) is 11.8. The Balaban J connectivity index is 1.92. The predicted octanol–water partition coefficient (Wildman–Crippen LogP) is 10.1. The molecule has 198 valence electrons. The highest BCUT2D eigenvalue weighted by Gasteiger charge is 2.37. The fourth-order valence-corrected chi connectivity index (χ4v) is 6.27. The van der Waals surface area contributed by atoms with Gasteiger partial charge in [-0.15, -0.1) is 0 Å². The van der Waals surface area contributed by atoms with Gasteiger partial charge in [-0.3, -0.25) is 4.79 Å². The lowest BCUT2D eigenvalue weighted by molar-refractivity contribution is -0.138. The average molecular weight is 483 g/mol. The Morgan fingerprint density at radius 1 is 0.914 bits per heavy atom. The maximum absolute atomic E-state index is 11.8. The molecule has 0 unspecified atom stereocenters. The first-order valence-electron chi connectivity index (χ1n) is 14.9. The molecule has 35 heavy (non-hydrogen) atoms. The summed E-state index contributed by atoms with van der Waals surface area (Å²) in [6.07, 6.45) is 25.0. The quantitative estimate of drug-likeness (QED) is 0.157. The number of rotatable bonds is 19. The van der Waals surface area contributed by atoms with Crippen molar-refractivity contribution in [2.45, 2.75) is 135 Å². The number of carboxylic acids is 1.